The normalized spacial score (nSPS) is 20.5. The molecule has 4 rings (SSSR count). The van der Waals surface area contributed by atoms with Gasteiger partial charge in [0, 0.05) is 23.3 Å². The van der Waals surface area contributed by atoms with Crippen LogP contribution < -0.4 is 5.32 Å². The van der Waals surface area contributed by atoms with Gasteiger partial charge < -0.3 is 5.32 Å². The highest BCUT2D eigenvalue weighted by Gasteiger charge is 2.32. The van der Waals surface area contributed by atoms with E-state index in [4.69, 9.17) is 0 Å². The summed E-state index contributed by atoms with van der Waals surface area (Å²) in [5.74, 6) is -0.424. The summed E-state index contributed by atoms with van der Waals surface area (Å²) in [7, 11) is 0. The van der Waals surface area contributed by atoms with Crippen molar-refractivity contribution in [3.63, 3.8) is 0 Å². The van der Waals surface area contributed by atoms with Crippen molar-refractivity contribution < 1.29 is 9.59 Å². The molecule has 2 aliphatic rings. The second kappa shape index (κ2) is 6.71. The number of nitrogens with one attached hydrogen (secondary N) is 1. The van der Waals surface area contributed by atoms with Gasteiger partial charge in [-0.2, -0.15) is 0 Å². The first kappa shape index (κ1) is 18.1. The van der Waals surface area contributed by atoms with Gasteiger partial charge in [0.2, 0.25) is 5.91 Å². The maximum atomic E-state index is 12.8. The zero-order valence-corrected chi connectivity index (χ0v) is 16.2. The highest BCUT2D eigenvalue weighted by atomic mass is 16.2. The molecule has 1 aliphatic carbocycles. The summed E-state index contributed by atoms with van der Waals surface area (Å²) < 4.78 is 0. The van der Waals surface area contributed by atoms with Gasteiger partial charge in [-0.1, -0.05) is 63.2 Å². The average molecular weight is 370 g/mol. The second-order valence-electron chi connectivity index (χ2n) is 8.14. The number of allylic oxidation sites excluding steroid dienone is 3. The molecule has 1 unspecified atom stereocenters. The van der Waals surface area contributed by atoms with Crippen molar-refractivity contribution >= 4 is 28.3 Å². The first-order chi connectivity index (χ1) is 13.3. The fraction of sp³-hybridized carbons (Fsp3) is 0.208. The molecule has 2 aromatic carbocycles. The van der Waals surface area contributed by atoms with Crippen molar-refractivity contribution in [1.29, 1.82) is 0 Å². The number of hydrogen-bond acceptors (Lipinski definition) is 2. The molecule has 1 aliphatic heterocycles. The van der Waals surface area contributed by atoms with Crippen LogP contribution in [0.1, 0.15) is 31.1 Å². The highest BCUT2D eigenvalue weighted by molar-refractivity contribution is 6.17. The van der Waals surface area contributed by atoms with Crippen molar-refractivity contribution in [3.8, 4) is 0 Å². The van der Waals surface area contributed by atoms with Gasteiger partial charge in [0.15, 0.2) is 0 Å². The number of amides is 2. The van der Waals surface area contributed by atoms with E-state index in [1.165, 1.54) is 0 Å². The van der Waals surface area contributed by atoms with Gasteiger partial charge >= 0.3 is 0 Å². The van der Waals surface area contributed by atoms with Crippen LogP contribution in [0.3, 0.4) is 0 Å². The molecule has 0 radical (unpaired) electrons. The van der Waals surface area contributed by atoms with Crippen LogP contribution in [0, 0.1) is 11.3 Å². The molecule has 4 nitrogen and oxygen atoms in total. The number of carbonyl (C=O) groups excluding carboxylic acids is 2. The number of nitrogens with zero attached hydrogens (tertiary/aromatic N) is 1. The number of hydrogen-bond donors (Lipinski definition) is 1. The lowest BCUT2D eigenvalue weighted by Crippen LogP contribution is -2.36. The summed E-state index contributed by atoms with van der Waals surface area (Å²) >= 11 is 0. The number of carbonyl (C=O) groups is 2. The Bertz CT molecular complexity index is 1110. The molecule has 140 valence electrons. The Hall–Kier alpha value is -3.27. The van der Waals surface area contributed by atoms with Crippen molar-refractivity contribution in [2.45, 2.75) is 20.8 Å². The maximum Gasteiger partial charge on any atom is 0.278 e. The smallest absolute Gasteiger partial charge is 0.278 e. The highest BCUT2D eigenvalue weighted by Crippen LogP contribution is 2.38. The molecule has 0 bridgehead atoms. The summed E-state index contributed by atoms with van der Waals surface area (Å²) in [6, 6.07) is 13.4. The van der Waals surface area contributed by atoms with Crippen LogP contribution >= 0.6 is 0 Å². The van der Waals surface area contributed by atoms with E-state index in [1.54, 1.807) is 18.2 Å². The van der Waals surface area contributed by atoms with E-state index in [-0.39, 0.29) is 23.1 Å². The Balaban J connectivity index is 1.69. The van der Waals surface area contributed by atoms with E-state index < -0.39 is 0 Å². The van der Waals surface area contributed by atoms with Gasteiger partial charge in [-0.25, -0.2) is 4.99 Å². The molecule has 0 saturated heterocycles. The minimum absolute atomic E-state index is 0.00399. The van der Waals surface area contributed by atoms with Gasteiger partial charge in [-0.15, -0.1) is 0 Å². The van der Waals surface area contributed by atoms with Gasteiger partial charge in [-0.3, -0.25) is 9.59 Å². The van der Waals surface area contributed by atoms with Crippen LogP contribution in [0.2, 0.25) is 0 Å². The third kappa shape index (κ3) is 3.33. The van der Waals surface area contributed by atoms with Crippen molar-refractivity contribution in [2.75, 3.05) is 0 Å². The van der Waals surface area contributed by atoms with Crippen LogP contribution in [0.5, 0.6) is 0 Å². The Morgan fingerprint density at radius 1 is 1.04 bits per heavy atom. The fourth-order valence-electron chi connectivity index (χ4n) is 3.73. The lowest BCUT2D eigenvalue weighted by atomic mass is 9.74. The quantitative estimate of drug-likeness (QED) is 0.798. The first-order valence-electron chi connectivity index (χ1n) is 9.36. The SMILES string of the molecule is CC(C)(C)C1=CC(=O)NC2=CC(=NC(=O)c3cccc4ccccc34)C=CC21. The van der Waals surface area contributed by atoms with Gasteiger partial charge in [0.1, 0.15) is 0 Å². The minimum atomic E-state index is -0.291. The molecule has 4 heteroatoms. The number of benzene rings is 2. The maximum absolute atomic E-state index is 12.8. The third-order valence-electron chi connectivity index (χ3n) is 5.10. The summed E-state index contributed by atoms with van der Waals surface area (Å²) in [4.78, 5) is 29.2. The monoisotopic (exact) mass is 370 g/mol. The van der Waals surface area contributed by atoms with Crippen LogP contribution in [0.4, 0.5) is 0 Å². The number of aliphatic imine (C=N–C) groups is 1. The van der Waals surface area contributed by atoms with Gasteiger partial charge in [-0.05, 0) is 40.0 Å². The Morgan fingerprint density at radius 3 is 2.57 bits per heavy atom. The Morgan fingerprint density at radius 2 is 1.79 bits per heavy atom. The van der Waals surface area contributed by atoms with E-state index in [9.17, 15) is 9.59 Å². The topological polar surface area (TPSA) is 58.5 Å². The molecule has 0 spiro atoms. The molecule has 0 saturated carbocycles. The zero-order valence-electron chi connectivity index (χ0n) is 16.2. The van der Waals surface area contributed by atoms with Gasteiger partial charge in [0.05, 0.1) is 5.71 Å². The summed E-state index contributed by atoms with van der Waals surface area (Å²) in [6.45, 7) is 6.28. The zero-order chi connectivity index (χ0) is 19.9. The molecule has 2 amide bonds. The third-order valence-corrected chi connectivity index (χ3v) is 5.10. The standard InChI is InChI=1S/C24H22N2O2/c1-24(2,3)20-14-22(27)26-21-13-16(11-12-19(20)21)25-23(28)18-10-6-8-15-7-4-5-9-17(15)18/h4-14,19H,1-3H3,(H,26,27). The molecular weight excluding hydrogens is 348 g/mol. The van der Waals surface area contributed by atoms with Crippen molar-refractivity contribution in [3.05, 3.63) is 83.6 Å². The van der Waals surface area contributed by atoms with Crippen LogP contribution in [0.15, 0.2) is 83.0 Å². The van der Waals surface area contributed by atoms with E-state index in [1.807, 2.05) is 48.6 Å². The van der Waals surface area contributed by atoms with Crippen LogP contribution in [0.25, 0.3) is 10.8 Å². The molecule has 0 fully saturated rings. The van der Waals surface area contributed by atoms with Crippen LogP contribution in [-0.4, -0.2) is 17.5 Å². The predicted molar refractivity (Wildman–Crippen MR) is 112 cm³/mol. The molecule has 0 aromatic heterocycles. The number of rotatable bonds is 1. The predicted octanol–water partition coefficient (Wildman–Crippen LogP) is 4.59. The Kier molecular flexibility index (Phi) is 4.34. The minimum Gasteiger partial charge on any atom is -0.325 e. The van der Waals surface area contributed by atoms with Crippen LogP contribution in [-0.2, 0) is 4.79 Å². The van der Waals surface area contributed by atoms with E-state index >= 15 is 0 Å². The lowest BCUT2D eigenvalue weighted by Gasteiger charge is -2.34. The first-order valence-corrected chi connectivity index (χ1v) is 9.36. The summed E-state index contributed by atoms with van der Waals surface area (Å²) in [6.07, 6.45) is 7.33. The average Bonchev–Trinajstić information content (AvgIpc) is 2.65. The largest absolute Gasteiger partial charge is 0.325 e. The summed E-state index contributed by atoms with van der Waals surface area (Å²) in [5, 5.41) is 4.78. The lowest BCUT2D eigenvalue weighted by molar-refractivity contribution is -0.116. The molecule has 2 aromatic rings. The molecule has 1 heterocycles. The second-order valence-corrected chi connectivity index (χ2v) is 8.14. The molecule has 28 heavy (non-hydrogen) atoms. The van der Waals surface area contributed by atoms with E-state index in [0.717, 1.165) is 22.0 Å². The molecule has 1 N–H and O–H groups in total. The van der Waals surface area contributed by atoms with Crippen molar-refractivity contribution in [2.24, 2.45) is 16.3 Å². The summed E-state index contributed by atoms with van der Waals surface area (Å²) in [5.41, 5.74) is 2.81. The van der Waals surface area contributed by atoms with E-state index in [0.29, 0.717) is 11.3 Å². The van der Waals surface area contributed by atoms with Crippen molar-refractivity contribution in [1.82, 2.24) is 5.32 Å². The molecular formula is C24H22N2O2. The van der Waals surface area contributed by atoms with Gasteiger partial charge in [0.25, 0.3) is 5.91 Å². The number of fused-ring (bicyclic) bond motifs is 2. The Labute approximate surface area is 164 Å². The molecule has 1 atom stereocenters. The van der Waals surface area contributed by atoms with E-state index in [2.05, 4.69) is 31.1 Å². The fourth-order valence-corrected chi connectivity index (χ4v) is 3.73.